The largest absolute Gasteiger partial charge is 0.342 e. The molecule has 0 aromatic carbocycles. The maximum absolute atomic E-state index is 12.9. The maximum Gasteiger partial charge on any atom is 0.246 e. The molecule has 0 spiro atoms. The molecule has 4 nitrogen and oxygen atoms in total. The molecule has 0 radical (unpaired) electrons. The fourth-order valence-electron chi connectivity index (χ4n) is 3.79. The van der Waals surface area contributed by atoms with E-state index in [2.05, 4.69) is 12.2 Å². The molecule has 21 heavy (non-hydrogen) atoms. The number of nitrogens with zero attached hydrogens (tertiary/aromatic N) is 1. The second-order valence-electron chi connectivity index (χ2n) is 6.96. The van der Waals surface area contributed by atoms with Crippen molar-refractivity contribution in [1.29, 1.82) is 0 Å². The van der Waals surface area contributed by atoms with Gasteiger partial charge in [-0.2, -0.15) is 0 Å². The quantitative estimate of drug-likeness (QED) is 0.847. The van der Waals surface area contributed by atoms with Crippen LogP contribution in [-0.2, 0) is 9.59 Å². The van der Waals surface area contributed by atoms with Crippen molar-refractivity contribution in [3.05, 3.63) is 0 Å². The van der Waals surface area contributed by atoms with Gasteiger partial charge in [-0.3, -0.25) is 9.59 Å². The maximum atomic E-state index is 12.9. The highest BCUT2D eigenvalue weighted by Crippen LogP contribution is 2.30. The third-order valence-electron chi connectivity index (χ3n) is 4.96. The molecule has 1 saturated heterocycles. The minimum absolute atomic E-state index is 0.0521. The average molecular weight is 294 g/mol. The Kier molecular flexibility index (Phi) is 5.65. The molecule has 2 amide bonds. The summed E-state index contributed by atoms with van der Waals surface area (Å²) in [5.74, 6) is 0.718. The number of carbonyl (C=O) groups is 2. The molecule has 1 saturated carbocycles. The second-order valence-corrected chi connectivity index (χ2v) is 6.96. The van der Waals surface area contributed by atoms with Gasteiger partial charge in [0.25, 0.3) is 0 Å². The van der Waals surface area contributed by atoms with Gasteiger partial charge in [0.2, 0.25) is 11.8 Å². The van der Waals surface area contributed by atoms with E-state index in [0.29, 0.717) is 5.92 Å². The van der Waals surface area contributed by atoms with Crippen molar-refractivity contribution in [2.75, 3.05) is 6.54 Å². The van der Waals surface area contributed by atoms with Gasteiger partial charge in [0, 0.05) is 6.54 Å². The summed E-state index contributed by atoms with van der Waals surface area (Å²) in [6.45, 7) is 6.89. The van der Waals surface area contributed by atoms with Crippen LogP contribution in [0, 0.1) is 11.8 Å². The van der Waals surface area contributed by atoms with Gasteiger partial charge >= 0.3 is 0 Å². The monoisotopic (exact) mass is 294 g/mol. The highest BCUT2D eigenvalue weighted by molar-refractivity contribution is 5.97. The van der Waals surface area contributed by atoms with Crippen molar-refractivity contribution >= 4 is 11.8 Å². The van der Waals surface area contributed by atoms with Gasteiger partial charge in [-0.15, -0.1) is 0 Å². The zero-order valence-electron chi connectivity index (χ0n) is 13.7. The van der Waals surface area contributed by atoms with E-state index in [9.17, 15) is 9.59 Å². The van der Waals surface area contributed by atoms with E-state index < -0.39 is 0 Å². The Morgan fingerprint density at radius 3 is 2.43 bits per heavy atom. The van der Waals surface area contributed by atoms with E-state index in [4.69, 9.17) is 0 Å². The molecule has 120 valence electrons. The number of piperazine rings is 1. The van der Waals surface area contributed by atoms with Gasteiger partial charge in [-0.1, -0.05) is 46.5 Å². The molecule has 2 aliphatic rings. The number of amides is 2. The van der Waals surface area contributed by atoms with Gasteiger partial charge in [0.15, 0.2) is 0 Å². The lowest BCUT2D eigenvalue weighted by Crippen LogP contribution is -2.66. The predicted octanol–water partition coefficient (Wildman–Crippen LogP) is 2.72. The standard InChI is InChI=1S/C17H30N2O2/c1-4-5-11-19-15(12(2)3)16(20)18-14(17(19)21)13-9-7-6-8-10-13/h12-15H,4-11H2,1-3H3,(H,18,20). The van der Waals surface area contributed by atoms with Gasteiger partial charge in [-0.25, -0.2) is 0 Å². The molecule has 4 heteroatoms. The van der Waals surface area contributed by atoms with Crippen LogP contribution < -0.4 is 5.32 Å². The molecule has 1 N–H and O–H groups in total. The Morgan fingerprint density at radius 1 is 1.19 bits per heavy atom. The first-order chi connectivity index (χ1) is 10.1. The molecule has 0 bridgehead atoms. The first kappa shape index (κ1) is 16.3. The summed E-state index contributed by atoms with van der Waals surface area (Å²) < 4.78 is 0. The van der Waals surface area contributed by atoms with E-state index in [1.165, 1.54) is 19.3 Å². The molecule has 0 aromatic rings. The fraction of sp³-hybridized carbons (Fsp3) is 0.882. The summed E-state index contributed by atoms with van der Waals surface area (Å²) in [5.41, 5.74) is 0. The van der Waals surface area contributed by atoms with Crippen molar-refractivity contribution in [1.82, 2.24) is 10.2 Å². The Morgan fingerprint density at radius 2 is 1.86 bits per heavy atom. The van der Waals surface area contributed by atoms with Crippen LogP contribution in [0.2, 0.25) is 0 Å². The second kappa shape index (κ2) is 7.28. The first-order valence-corrected chi connectivity index (χ1v) is 8.67. The lowest BCUT2D eigenvalue weighted by atomic mass is 9.81. The molecule has 2 unspecified atom stereocenters. The van der Waals surface area contributed by atoms with Crippen molar-refractivity contribution < 1.29 is 9.59 Å². The summed E-state index contributed by atoms with van der Waals surface area (Å²) in [6.07, 6.45) is 7.80. The first-order valence-electron chi connectivity index (χ1n) is 8.67. The minimum atomic E-state index is -0.288. The van der Waals surface area contributed by atoms with Crippen LogP contribution in [0.3, 0.4) is 0 Å². The molecule has 2 rings (SSSR count). The fourth-order valence-corrected chi connectivity index (χ4v) is 3.79. The normalized spacial score (nSPS) is 28.1. The number of nitrogens with one attached hydrogen (secondary N) is 1. The molecule has 1 aliphatic heterocycles. The lowest BCUT2D eigenvalue weighted by Gasteiger charge is -2.43. The Bertz CT molecular complexity index is 375. The number of hydrogen-bond acceptors (Lipinski definition) is 2. The van der Waals surface area contributed by atoms with Crippen LogP contribution in [0.4, 0.5) is 0 Å². The van der Waals surface area contributed by atoms with Crippen LogP contribution in [0.1, 0.15) is 65.7 Å². The van der Waals surface area contributed by atoms with Crippen molar-refractivity contribution in [3.63, 3.8) is 0 Å². The molecule has 1 heterocycles. The Hall–Kier alpha value is -1.06. The van der Waals surface area contributed by atoms with Crippen LogP contribution in [-0.4, -0.2) is 35.3 Å². The van der Waals surface area contributed by atoms with E-state index in [1.807, 2.05) is 18.7 Å². The molecular weight excluding hydrogens is 264 g/mol. The predicted molar refractivity (Wildman–Crippen MR) is 83.8 cm³/mol. The highest BCUT2D eigenvalue weighted by Gasteiger charge is 2.44. The third kappa shape index (κ3) is 3.58. The van der Waals surface area contributed by atoms with Crippen molar-refractivity contribution in [2.45, 2.75) is 77.8 Å². The highest BCUT2D eigenvalue weighted by atomic mass is 16.2. The number of unbranched alkanes of at least 4 members (excludes halogenated alkanes) is 1. The zero-order valence-corrected chi connectivity index (χ0v) is 13.7. The summed E-state index contributed by atoms with van der Waals surface area (Å²) in [6, 6.07) is -0.562. The number of carbonyl (C=O) groups excluding carboxylic acids is 2. The van der Waals surface area contributed by atoms with Gasteiger partial charge in [-0.05, 0) is 31.1 Å². The smallest absolute Gasteiger partial charge is 0.246 e. The lowest BCUT2D eigenvalue weighted by molar-refractivity contribution is -0.153. The van der Waals surface area contributed by atoms with Crippen LogP contribution in [0.5, 0.6) is 0 Å². The summed E-state index contributed by atoms with van der Waals surface area (Å²) in [5, 5.41) is 3.04. The third-order valence-corrected chi connectivity index (χ3v) is 4.96. The summed E-state index contributed by atoms with van der Waals surface area (Å²) >= 11 is 0. The SMILES string of the molecule is CCCCN1C(=O)C(C2CCCCC2)NC(=O)C1C(C)C. The Balaban J connectivity index is 2.15. The zero-order chi connectivity index (χ0) is 15.4. The van der Waals surface area contributed by atoms with Crippen molar-refractivity contribution in [3.8, 4) is 0 Å². The van der Waals surface area contributed by atoms with E-state index in [-0.39, 0.29) is 29.8 Å². The minimum Gasteiger partial charge on any atom is -0.342 e. The van der Waals surface area contributed by atoms with Crippen LogP contribution >= 0.6 is 0 Å². The molecule has 0 aromatic heterocycles. The van der Waals surface area contributed by atoms with E-state index in [0.717, 1.165) is 32.2 Å². The molecular formula is C17H30N2O2. The van der Waals surface area contributed by atoms with Crippen molar-refractivity contribution in [2.24, 2.45) is 11.8 Å². The number of rotatable bonds is 5. The Labute approximate surface area is 128 Å². The van der Waals surface area contributed by atoms with Crippen LogP contribution in [0.25, 0.3) is 0 Å². The topological polar surface area (TPSA) is 49.4 Å². The molecule has 2 atom stereocenters. The van der Waals surface area contributed by atoms with E-state index >= 15 is 0 Å². The number of hydrogen-bond donors (Lipinski definition) is 1. The average Bonchev–Trinajstić information content (AvgIpc) is 2.48. The summed E-state index contributed by atoms with van der Waals surface area (Å²) in [4.78, 5) is 27.3. The van der Waals surface area contributed by atoms with Gasteiger partial charge in [0.05, 0.1) is 0 Å². The van der Waals surface area contributed by atoms with E-state index in [1.54, 1.807) is 0 Å². The van der Waals surface area contributed by atoms with Crippen LogP contribution in [0.15, 0.2) is 0 Å². The van der Waals surface area contributed by atoms with Gasteiger partial charge < -0.3 is 10.2 Å². The molecule has 2 fully saturated rings. The molecule has 1 aliphatic carbocycles. The van der Waals surface area contributed by atoms with Gasteiger partial charge in [0.1, 0.15) is 12.1 Å². The summed E-state index contributed by atoms with van der Waals surface area (Å²) in [7, 11) is 0.